The first-order valence-electron chi connectivity index (χ1n) is 12.9. The molecule has 2 aromatic carbocycles. The maximum Gasteiger partial charge on any atom is 0.275 e. The van der Waals surface area contributed by atoms with E-state index in [1.807, 2.05) is 24.3 Å². The summed E-state index contributed by atoms with van der Waals surface area (Å²) in [5.74, 6) is 5.22. The average Bonchev–Trinajstić information content (AvgIpc) is 3.28. The summed E-state index contributed by atoms with van der Waals surface area (Å²) in [6, 6.07) is 12.6. The van der Waals surface area contributed by atoms with Gasteiger partial charge in [-0.2, -0.15) is 5.10 Å². The van der Waals surface area contributed by atoms with E-state index < -0.39 is 9.84 Å². The smallest absolute Gasteiger partial charge is 0.275 e. The second kappa shape index (κ2) is 9.47. The van der Waals surface area contributed by atoms with E-state index in [0.29, 0.717) is 30.0 Å². The van der Waals surface area contributed by atoms with Gasteiger partial charge in [0.1, 0.15) is 12.1 Å². The molecule has 0 bridgehead atoms. The van der Waals surface area contributed by atoms with Gasteiger partial charge in [0, 0.05) is 37.3 Å². The molecule has 2 saturated heterocycles. The van der Waals surface area contributed by atoms with Crippen molar-refractivity contribution in [2.45, 2.75) is 29.3 Å². The Morgan fingerprint density at radius 1 is 1.05 bits per heavy atom. The molecule has 2 fully saturated rings. The Bertz CT molecular complexity index is 1650. The van der Waals surface area contributed by atoms with Gasteiger partial charge in [0.05, 0.1) is 46.9 Å². The summed E-state index contributed by atoms with van der Waals surface area (Å²) in [7, 11) is -3.80. The first kappa shape index (κ1) is 24.8. The number of fused-ring (bicyclic) bond motifs is 4. The predicted octanol–water partition coefficient (Wildman–Crippen LogP) is 2.54. The Hall–Kier alpha value is -3.20. The fourth-order valence-corrected chi connectivity index (χ4v) is 7.83. The van der Waals surface area contributed by atoms with Gasteiger partial charge >= 0.3 is 0 Å². The molecular weight excluding hydrogens is 540 g/mol. The maximum atomic E-state index is 13.9. The van der Waals surface area contributed by atoms with E-state index in [1.54, 1.807) is 27.8 Å². The van der Waals surface area contributed by atoms with Crippen LogP contribution in [0.2, 0.25) is 5.02 Å². The second-order valence-electron chi connectivity index (χ2n) is 10.0. The first-order valence-corrected chi connectivity index (χ1v) is 14.9. The Labute approximate surface area is 231 Å². The van der Waals surface area contributed by atoms with Gasteiger partial charge in [0.15, 0.2) is 15.5 Å². The Morgan fingerprint density at radius 3 is 2.59 bits per heavy atom. The summed E-state index contributed by atoms with van der Waals surface area (Å²) in [5, 5.41) is 4.92. The summed E-state index contributed by atoms with van der Waals surface area (Å²) in [5.41, 5.74) is 3.37. The number of halogens is 1. The molecule has 1 aliphatic carbocycles. The van der Waals surface area contributed by atoms with Crippen molar-refractivity contribution in [1.29, 1.82) is 0 Å². The third kappa shape index (κ3) is 4.17. The molecule has 7 rings (SSSR count). The van der Waals surface area contributed by atoms with Crippen LogP contribution in [0.4, 0.5) is 0 Å². The van der Waals surface area contributed by atoms with Crippen molar-refractivity contribution in [3.63, 3.8) is 0 Å². The molecule has 0 N–H and O–H groups in total. The van der Waals surface area contributed by atoms with E-state index in [9.17, 15) is 13.2 Å². The van der Waals surface area contributed by atoms with Crippen LogP contribution in [0.1, 0.15) is 21.6 Å². The summed E-state index contributed by atoms with van der Waals surface area (Å²) in [6.07, 6.45) is -0.317. The van der Waals surface area contributed by atoms with Crippen LogP contribution in [0.15, 0.2) is 47.4 Å². The molecule has 11 heteroatoms. The quantitative estimate of drug-likeness (QED) is 0.450. The van der Waals surface area contributed by atoms with Crippen LogP contribution in [0.25, 0.3) is 16.9 Å². The number of hydrogen-bond acceptors (Lipinski definition) is 7. The van der Waals surface area contributed by atoms with Crippen LogP contribution < -0.4 is 0 Å². The minimum atomic E-state index is -3.80. The highest BCUT2D eigenvalue weighted by atomic mass is 35.5. The number of morpholine rings is 2. The lowest BCUT2D eigenvalue weighted by Crippen LogP contribution is -2.56. The third-order valence-electron chi connectivity index (χ3n) is 7.63. The zero-order valence-corrected chi connectivity index (χ0v) is 22.5. The zero-order valence-electron chi connectivity index (χ0n) is 21.0. The maximum absolute atomic E-state index is 13.9. The zero-order chi connectivity index (χ0) is 26.7. The van der Waals surface area contributed by atoms with Crippen LogP contribution >= 0.6 is 11.6 Å². The van der Waals surface area contributed by atoms with Gasteiger partial charge in [-0.3, -0.25) is 9.69 Å². The second-order valence-corrected chi connectivity index (χ2v) is 12.4. The number of carbonyl (C=O) groups excluding carboxylic acids is 1. The monoisotopic (exact) mass is 564 g/mol. The number of rotatable bonds is 4. The van der Waals surface area contributed by atoms with E-state index in [0.717, 1.165) is 44.1 Å². The lowest BCUT2D eigenvalue weighted by atomic mass is 9.99. The highest BCUT2D eigenvalue weighted by Gasteiger charge is 2.42. The lowest BCUT2D eigenvalue weighted by Gasteiger charge is -2.39. The van der Waals surface area contributed by atoms with Crippen molar-refractivity contribution in [2.24, 2.45) is 0 Å². The number of ether oxygens (including phenoxy) is 2. The number of benzene rings is 2. The molecule has 9 nitrogen and oxygen atoms in total. The van der Waals surface area contributed by atoms with Crippen LogP contribution in [0.3, 0.4) is 0 Å². The summed E-state index contributed by atoms with van der Waals surface area (Å²) in [4.78, 5) is 17.9. The number of sulfone groups is 1. The van der Waals surface area contributed by atoms with Gasteiger partial charge < -0.3 is 14.4 Å². The Morgan fingerprint density at radius 2 is 1.85 bits per heavy atom. The molecule has 4 aliphatic rings. The summed E-state index contributed by atoms with van der Waals surface area (Å²) in [6.45, 7) is 4.78. The molecule has 0 spiro atoms. The van der Waals surface area contributed by atoms with E-state index in [1.165, 1.54) is 0 Å². The molecule has 0 unspecified atom stereocenters. The topological polar surface area (TPSA) is 94.0 Å². The summed E-state index contributed by atoms with van der Waals surface area (Å²) < 4.78 is 39.6. The van der Waals surface area contributed by atoms with Crippen LogP contribution in [-0.2, 0) is 31.6 Å². The Kier molecular flexibility index (Phi) is 6.02. The van der Waals surface area contributed by atoms with Crippen molar-refractivity contribution in [2.75, 3.05) is 39.5 Å². The van der Waals surface area contributed by atoms with Crippen molar-refractivity contribution >= 4 is 27.3 Å². The van der Waals surface area contributed by atoms with Crippen molar-refractivity contribution in [3.05, 3.63) is 64.3 Å². The molecule has 0 radical (unpaired) electrons. The summed E-state index contributed by atoms with van der Waals surface area (Å²) >= 11 is 6.41. The lowest BCUT2D eigenvalue weighted by molar-refractivity contribution is -0.0230. The number of hydrogen-bond donors (Lipinski definition) is 0. The van der Waals surface area contributed by atoms with Gasteiger partial charge in [0.25, 0.3) is 5.91 Å². The van der Waals surface area contributed by atoms with E-state index in [4.69, 9.17) is 26.2 Å². The number of nitrogens with zero attached hydrogens (tertiary/aromatic N) is 4. The van der Waals surface area contributed by atoms with Crippen LogP contribution in [-0.4, -0.2) is 85.5 Å². The minimum Gasteiger partial charge on any atom is -0.379 e. The fraction of sp³-hybridized carbons (Fsp3) is 0.357. The van der Waals surface area contributed by atoms with Crippen molar-refractivity contribution in [3.8, 4) is 28.8 Å². The number of carbonyl (C=O) groups is 1. The normalized spacial score (nSPS) is 23.1. The molecular formula is C28H25ClN4O5S. The SMILES string of the molecule is O=C(c1nn(-c2ccc(CN3CCOCC3)cc2)c2c1CS(=O)(=O)c1c(Cl)cccc1-2)N1CCO[C@@H]2C#C[C@@H]21. The van der Waals surface area contributed by atoms with Crippen molar-refractivity contribution in [1.82, 2.24) is 19.6 Å². The van der Waals surface area contributed by atoms with Gasteiger partial charge in [-0.15, -0.1) is 0 Å². The van der Waals surface area contributed by atoms with Gasteiger partial charge in [0.2, 0.25) is 0 Å². The Balaban J connectivity index is 1.33. The van der Waals surface area contributed by atoms with Crippen LogP contribution in [0.5, 0.6) is 0 Å². The molecule has 200 valence electrons. The van der Waals surface area contributed by atoms with Gasteiger partial charge in [-0.05, 0) is 23.8 Å². The highest BCUT2D eigenvalue weighted by Crippen LogP contribution is 2.44. The number of aromatic nitrogens is 2. The van der Waals surface area contributed by atoms with Crippen LogP contribution in [0, 0.1) is 11.8 Å². The predicted molar refractivity (Wildman–Crippen MR) is 143 cm³/mol. The minimum absolute atomic E-state index is 0.0690. The molecule has 3 aliphatic heterocycles. The average molecular weight is 565 g/mol. The molecule has 1 aromatic heterocycles. The molecule has 3 aromatic rings. The van der Waals surface area contributed by atoms with Gasteiger partial charge in [-0.1, -0.05) is 47.7 Å². The molecule has 1 amide bonds. The fourth-order valence-electron chi connectivity index (χ4n) is 5.64. The molecule has 4 heterocycles. The standard InChI is InChI=1S/C28H25ClN4O5S/c29-22-3-1-2-20-26-21(17-39(35,36)27(20)22)25(28(34)32-12-15-38-24-9-8-23(24)32)30-33(26)19-6-4-18(5-7-19)16-31-10-13-37-14-11-31/h1-7,23-24H,10-17H2/t23-,24+/m0/s1. The first-order chi connectivity index (χ1) is 18.9. The largest absolute Gasteiger partial charge is 0.379 e. The third-order valence-corrected chi connectivity index (χ3v) is 9.79. The molecule has 0 saturated carbocycles. The number of amides is 1. The molecule has 39 heavy (non-hydrogen) atoms. The van der Waals surface area contributed by atoms with E-state index in [-0.39, 0.29) is 39.4 Å². The van der Waals surface area contributed by atoms with E-state index in [2.05, 4.69) is 16.7 Å². The van der Waals surface area contributed by atoms with Crippen molar-refractivity contribution < 1.29 is 22.7 Å². The van der Waals surface area contributed by atoms with E-state index >= 15 is 0 Å². The van der Waals surface area contributed by atoms with Gasteiger partial charge in [-0.25, -0.2) is 13.1 Å². The molecule has 2 atom stereocenters. The highest BCUT2D eigenvalue weighted by molar-refractivity contribution is 7.91.